The molecule has 224 valence electrons. The van der Waals surface area contributed by atoms with E-state index < -0.39 is 21.5 Å². The molecule has 0 N–H and O–H groups in total. The number of aromatic nitrogens is 1. The van der Waals surface area contributed by atoms with Gasteiger partial charge in [-0.15, -0.1) is 0 Å². The van der Waals surface area contributed by atoms with Crippen molar-refractivity contribution in [2.24, 2.45) is 5.41 Å². The quantitative estimate of drug-likeness (QED) is 0.243. The van der Waals surface area contributed by atoms with Gasteiger partial charge in [-0.2, -0.15) is 0 Å². The monoisotopic (exact) mass is 592 g/mol. The van der Waals surface area contributed by atoms with Crippen LogP contribution in [-0.4, -0.2) is 55.5 Å². The first-order valence-electron chi connectivity index (χ1n) is 14.3. The van der Waals surface area contributed by atoms with Gasteiger partial charge in [-0.3, -0.25) is 9.47 Å². The molecular weight excluding hydrogens is 552 g/mol. The second-order valence-electron chi connectivity index (χ2n) is 13.0. The van der Waals surface area contributed by atoms with Crippen molar-refractivity contribution in [2.45, 2.75) is 76.5 Å². The van der Waals surface area contributed by atoms with Crippen LogP contribution in [0.3, 0.4) is 0 Å². The lowest BCUT2D eigenvalue weighted by Crippen LogP contribution is -2.45. The topological polar surface area (TPSA) is 94.9 Å². The van der Waals surface area contributed by atoms with Crippen molar-refractivity contribution in [3.05, 3.63) is 77.0 Å². The summed E-state index contributed by atoms with van der Waals surface area (Å²) in [6.45, 7) is 12.6. The molecule has 1 aliphatic heterocycles. The molecule has 1 spiro atoms. The lowest BCUT2D eigenvalue weighted by atomic mass is 9.59. The highest BCUT2D eigenvalue weighted by atomic mass is 32.2. The van der Waals surface area contributed by atoms with Crippen LogP contribution in [0.1, 0.15) is 79.5 Å². The van der Waals surface area contributed by atoms with Crippen LogP contribution in [0.5, 0.6) is 0 Å². The van der Waals surface area contributed by atoms with Crippen molar-refractivity contribution in [1.29, 1.82) is 0 Å². The Hall–Kier alpha value is -3.43. The van der Waals surface area contributed by atoms with Crippen LogP contribution in [0.4, 0.5) is 4.79 Å². The Balaban J connectivity index is 1.59. The fourth-order valence-corrected chi connectivity index (χ4v) is 7.72. The number of aryl methyl sites for hydroxylation is 1. The van der Waals surface area contributed by atoms with E-state index in [0.717, 1.165) is 43.2 Å². The van der Waals surface area contributed by atoms with Gasteiger partial charge in [-0.05, 0) is 106 Å². The molecular formula is C33H40N2O6S. The number of methoxy groups -OCH3 is 1. The zero-order valence-electron chi connectivity index (χ0n) is 25.3. The number of esters is 1. The molecule has 1 aromatic heterocycles. The number of likely N-dealkylation sites (tertiary alicyclic amines) is 1. The number of allylic oxidation sites excluding steroid dienone is 1. The minimum absolute atomic E-state index is 0.00949. The number of hydrogen-bond donors (Lipinski definition) is 0. The molecule has 8 nitrogen and oxygen atoms in total. The molecule has 0 amide bonds. The summed E-state index contributed by atoms with van der Waals surface area (Å²) in [5.41, 5.74) is 4.33. The van der Waals surface area contributed by atoms with E-state index in [0.29, 0.717) is 28.8 Å². The predicted octanol–water partition coefficient (Wildman–Crippen LogP) is 6.60. The summed E-state index contributed by atoms with van der Waals surface area (Å²) >= 11 is 0. The maximum Gasteiger partial charge on any atom is 0.418 e. The van der Waals surface area contributed by atoms with Crippen LogP contribution < -0.4 is 0 Å². The molecule has 1 atom stereocenters. The number of nitrogens with zero attached hydrogens (tertiary/aromatic N) is 2. The van der Waals surface area contributed by atoms with E-state index >= 15 is 0 Å². The van der Waals surface area contributed by atoms with E-state index in [4.69, 9.17) is 9.47 Å². The van der Waals surface area contributed by atoms with Gasteiger partial charge in [0.2, 0.25) is 0 Å². The Morgan fingerprint density at radius 3 is 2.36 bits per heavy atom. The number of ether oxygens (including phenoxy) is 2. The fraction of sp³-hybridized carbons (Fsp3) is 0.455. The first-order valence-corrected chi connectivity index (χ1v) is 16.2. The zero-order chi connectivity index (χ0) is 30.6. The van der Waals surface area contributed by atoms with Crippen LogP contribution in [0.15, 0.2) is 59.6 Å². The minimum Gasteiger partial charge on any atom is -0.465 e. The minimum atomic E-state index is -3.58. The predicted molar refractivity (Wildman–Crippen MR) is 162 cm³/mol. The van der Waals surface area contributed by atoms with Gasteiger partial charge in [0.1, 0.15) is 5.60 Å². The number of rotatable bonds is 5. The summed E-state index contributed by atoms with van der Waals surface area (Å²) in [6, 6.07) is 11.0. The highest BCUT2D eigenvalue weighted by molar-refractivity contribution is 7.90. The van der Waals surface area contributed by atoms with E-state index in [-0.39, 0.29) is 22.3 Å². The van der Waals surface area contributed by atoms with Crippen LogP contribution >= 0.6 is 0 Å². The number of sulfone groups is 1. The van der Waals surface area contributed by atoms with E-state index in [1.807, 2.05) is 45.9 Å². The first kappa shape index (κ1) is 30.0. The van der Waals surface area contributed by atoms with Gasteiger partial charge in [0.25, 0.3) is 0 Å². The number of carbonyl (C=O) groups is 2. The van der Waals surface area contributed by atoms with E-state index in [2.05, 4.69) is 11.5 Å². The second kappa shape index (κ2) is 10.7. The molecule has 0 bridgehead atoms. The average Bonchev–Trinajstić information content (AvgIpc) is 3.35. The Morgan fingerprint density at radius 1 is 1.12 bits per heavy atom. The lowest BCUT2D eigenvalue weighted by molar-refractivity contribution is 0.0173. The standard InChI is InChI=1S/C33H40N2O6S/c1-21-17-33(18-21)13-15-34(27(19-33)23-8-10-24(11-9-23)30(36)40-6)20-26-25-12-14-35(31(37)41-32(3,4)5)29(25)22(2)16-28(26)42(7,38)39/h8-12,14,16,27H,1,13,15,17-20H2,2-7H3/t27-/m0/s1. The SMILES string of the molecule is C=C1CC2(CCN(Cc3c(S(C)(=O)=O)cc(C)c4c3ccn4C(=O)OC(C)(C)C)[C@H](c3ccc(C(=O)OC)cc3)C2)C1. The molecule has 0 unspecified atom stereocenters. The van der Waals surface area contributed by atoms with Gasteiger partial charge in [0.05, 0.1) is 23.1 Å². The maximum atomic E-state index is 13.1. The van der Waals surface area contributed by atoms with Crippen LogP contribution in [0.25, 0.3) is 10.9 Å². The smallest absolute Gasteiger partial charge is 0.418 e. The number of piperidine rings is 1. The molecule has 1 aliphatic carbocycles. The van der Waals surface area contributed by atoms with Crippen molar-refractivity contribution in [3.8, 4) is 0 Å². The van der Waals surface area contributed by atoms with E-state index in [9.17, 15) is 18.0 Å². The molecule has 5 rings (SSSR count). The number of carbonyl (C=O) groups excluding carboxylic acids is 2. The highest BCUT2D eigenvalue weighted by Crippen LogP contribution is 2.56. The third-order valence-electron chi connectivity index (χ3n) is 8.54. The van der Waals surface area contributed by atoms with Crippen molar-refractivity contribution in [1.82, 2.24) is 9.47 Å². The zero-order valence-corrected chi connectivity index (χ0v) is 26.1. The van der Waals surface area contributed by atoms with Gasteiger partial charge in [-0.25, -0.2) is 18.0 Å². The summed E-state index contributed by atoms with van der Waals surface area (Å²) in [6.07, 6.45) is 6.29. The van der Waals surface area contributed by atoms with Gasteiger partial charge in [0, 0.05) is 30.4 Å². The molecule has 3 aromatic rings. The molecule has 2 aliphatic rings. The van der Waals surface area contributed by atoms with Crippen molar-refractivity contribution < 1.29 is 27.5 Å². The molecule has 1 saturated carbocycles. The summed E-state index contributed by atoms with van der Waals surface area (Å²) in [4.78, 5) is 27.8. The number of benzene rings is 2. The molecule has 9 heteroatoms. The number of fused-ring (bicyclic) bond motifs is 1. The third-order valence-corrected chi connectivity index (χ3v) is 9.71. The van der Waals surface area contributed by atoms with Gasteiger partial charge < -0.3 is 9.47 Å². The fourth-order valence-electron chi connectivity index (χ4n) is 6.71. The Bertz CT molecular complexity index is 1670. The largest absolute Gasteiger partial charge is 0.465 e. The number of hydrogen-bond acceptors (Lipinski definition) is 7. The molecule has 2 aromatic carbocycles. The Morgan fingerprint density at radius 2 is 1.79 bits per heavy atom. The highest BCUT2D eigenvalue weighted by Gasteiger charge is 2.46. The molecule has 2 fully saturated rings. The van der Waals surface area contributed by atoms with Crippen LogP contribution in [0, 0.1) is 12.3 Å². The van der Waals surface area contributed by atoms with Crippen LogP contribution in [-0.2, 0) is 25.9 Å². The normalized spacial score (nSPS) is 19.1. The van der Waals surface area contributed by atoms with Crippen molar-refractivity contribution in [2.75, 3.05) is 19.9 Å². The Kier molecular flexibility index (Phi) is 7.64. The second-order valence-corrected chi connectivity index (χ2v) is 15.0. The van der Waals surface area contributed by atoms with E-state index in [1.54, 1.807) is 24.4 Å². The summed E-state index contributed by atoms with van der Waals surface area (Å²) in [5, 5.41) is 0.721. The summed E-state index contributed by atoms with van der Waals surface area (Å²) in [5.74, 6) is -0.386. The van der Waals surface area contributed by atoms with Crippen LogP contribution in [0.2, 0.25) is 0 Å². The van der Waals surface area contributed by atoms with E-state index in [1.165, 1.54) is 23.5 Å². The van der Waals surface area contributed by atoms with Gasteiger partial charge in [0.15, 0.2) is 9.84 Å². The molecule has 0 radical (unpaired) electrons. The summed E-state index contributed by atoms with van der Waals surface area (Å²) in [7, 11) is -2.21. The van der Waals surface area contributed by atoms with Crippen molar-refractivity contribution >= 4 is 32.8 Å². The van der Waals surface area contributed by atoms with Crippen molar-refractivity contribution in [3.63, 3.8) is 0 Å². The maximum absolute atomic E-state index is 13.1. The summed E-state index contributed by atoms with van der Waals surface area (Å²) < 4.78 is 38.3. The lowest BCUT2D eigenvalue weighted by Gasteiger charge is -2.53. The van der Waals surface area contributed by atoms with Gasteiger partial charge in [-0.1, -0.05) is 24.3 Å². The molecule has 2 heterocycles. The molecule has 42 heavy (non-hydrogen) atoms. The first-order chi connectivity index (χ1) is 19.6. The molecule has 1 saturated heterocycles. The Labute approximate surface area is 248 Å². The average molecular weight is 593 g/mol. The van der Waals surface area contributed by atoms with Gasteiger partial charge >= 0.3 is 12.1 Å². The third kappa shape index (κ3) is 5.77.